The molecule has 0 spiro atoms. The molecule has 0 radical (unpaired) electrons. The molecule has 2 aromatic carbocycles. The fourth-order valence-corrected chi connectivity index (χ4v) is 2.10. The number of ether oxygens (including phenoxy) is 1. The average Bonchev–Trinajstić information content (AvgIpc) is 2.48. The summed E-state index contributed by atoms with van der Waals surface area (Å²) in [5.74, 6) is 1.29. The van der Waals surface area contributed by atoms with Crippen molar-refractivity contribution in [3.8, 4) is 11.8 Å². The summed E-state index contributed by atoms with van der Waals surface area (Å²) in [6.45, 7) is 8.56. The molecule has 0 fully saturated rings. The second-order valence-electron chi connectivity index (χ2n) is 6.38. The molecule has 0 N–H and O–H groups in total. The normalized spacial score (nSPS) is 11.9. The Balaban J connectivity index is 2.27. The molecule has 0 aromatic heterocycles. The van der Waals surface area contributed by atoms with Gasteiger partial charge < -0.3 is 4.74 Å². The van der Waals surface area contributed by atoms with Crippen LogP contribution in [0.2, 0.25) is 0 Å². The summed E-state index contributed by atoms with van der Waals surface area (Å²) in [5, 5.41) is 9.00. The van der Waals surface area contributed by atoms with Crippen LogP contribution in [-0.4, -0.2) is 0 Å². The maximum Gasteiger partial charge on any atom is 0.145 e. The predicted molar refractivity (Wildman–Crippen MR) is 90.5 cm³/mol. The van der Waals surface area contributed by atoms with E-state index < -0.39 is 0 Å². The van der Waals surface area contributed by atoms with Crippen molar-refractivity contribution in [2.75, 3.05) is 0 Å². The average molecular weight is 291 g/mol. The van der Waals surface area contributed by atoms with Gasteiger partial charge in [-0.2, -0.15) is 5.26 Å². The number of nitrogens with zero attached hydrogens (tertiary/aromatic N) is 1. The molecule has 112 valence electrons. The van der Waals surface area contributed by atoms with Crippen molar-refractivity contribution in [1.29, 1.82) is 5.26 Å². The SMILES string of the molecule is Cc1ccc(O/C(=C\C#N)c2ccc(C(C)(C)C)cc2)cc1. The third-order valence-electron chi connectivity index (χ3n) is 3.48. The molecule has 0 aliphatic carbocycles. The van der Waals surface area contributed by atoms with Crippen LogP contribution in [0, 0.1) is 18.3 Å². The monoisotopic (exact) mass is 291 g/mol. The van der Waals surface area contributed by atoms with E-state index in [4.69, 9.17) is 10.00 Å². The Morgan fingerprint density at radius 2 is 1.59 bits per heavy atom. The van der Waals surface area contributed by atoms with E-state index in [1.807, 2.05) is 43.3 Å². The van der Waals surface area contributed by atoms with Gasteiger partial charge in [0.2, 0.25) is 0 Å². The smallest absolute Gasteiger partial charge is 0.145 e. The maximum atomic E-state index is 9.00. The third-order valence-corrected chi connectivity index (χ3v) is 3.48. The quantitative estimate of drug-likeness (QED) is 0.572. The molecular weight excluding hydrogens is 270 g/mol. The number of hydrogen-bond acceptors (Lipinski definition) is 2. The molecular formula is C20H21NO. The number of benzene rings is 2. The van der Waals surface area contributed by atoms with Crippen molar-refractivity contribution in [1.82, 2.24) is 0 Å². The van der Waals surface area contributed by atoms with Crippen LogP contribution in [0.25, 0.3) is 5.76 Å². The van der Waals surface area contributed by atoms with Gasteiger partial charge in [0.25, 0.3) is 0 Å². The zero-order chi connectivity index (χ0) is 16.2. The summed E-state index contributed by atoms with van der Waals surface area (Å²) in [6.07, 6.45) is 1.44. The Morgan fingerprint density at radius 3 is 2.09 bits per heavy atom. The van der Waals surface area contributed by atoms with Gasteiger partial charge in [-0.3, -0.25) is 0 Å². The van der Waals surface area contributed by atoms with Crippen LogP contribution < -0.4 is 4.74 Å². The lowest BCUT2D eigenvalue weighted by Crippen LogP contribution is -2.10. The van der Waals surface area contributed by atoms with Crippen LogP contribution in [-0.2, 0) is 5.41 Å². The van der Waals surface area contributed by atoms with E-state index in [0.717, 1.165) is 11.3 Å². The van der Waals surface area contributed by atoms with Crippen LogP contribution in [0.5, 0.6) is 5.75 Å². The maximum absolute atomic E-state index is 9.00. The van der Waals surface area contributed by atoms with Crippen LogP contribution in [0.15, 0.2) is 54.6 Å². The molecule has 22 heavy (non-hydrogen) atoms. The fourth-order valence-electron chi connectivity index (χ4n) is 2.10. The summed E-state index contributed by atoms with van der Waals surface area (Å²) in [7, 11) is 0. The summed E-state index contributed by atoms with van der Waals surface area (Å²) < 4.78 is 5.86. The minimum absolute atomic E-state index is 0.107. The zero-order valence-electron chi connectivity index (χ0n) is 13.6. The van der Waals surface area contributed by atoms with Crippen molar-refractivity contribution >= 4 is 5.76 Å². The molecule has 0 saturated heterocycles. The Labute approximate surface area is 132 Å². The largest absolute Gasteiger partial charge is 0.456 e. The van der Waals surface area contributed by atoms with Gasteiger partial charge in [0, 0.05) is 5.56 Å². The molecule has 0 unspecified atom stereocenters. The fraction of sp³-hybridized carbons (Fsp3) is 0.250. The summed E-state index contributed by atoms with van der Waals surface area (Å²) in [6, 6.07) is 18.0. The van der Waals surface area contributed by atoms with Crippen molar-refractivity contribution in [2.24, 2.45) is 0 Å². The molecule has 0 aliphatic rings. The van der Waals surface area contributed by atoms with Gasteiger partial charge >= 0.3 is 0 Å². The molecule has 2 heteroatoms. The Morgan fingerprint density at radius 1 is 1.00 bits per heavy atom. The highest BCUT2D eigenvalue weighted by Gasteiger charge is 2.14. The minimum Gasteiger partial charge on any atom is -0.456 e. The lowest BCUT2D eigenvalue weighted by atomic mass is 9.86. The van der Waals surface area contributed by atoms with Crippen LogP contribution in [0.1, 0.15) is 37.5 Å². The van der Waals surface area contributed by atoms with E-state index >= 15 is 0 Å². The number of hydrogen-bond donors (Lipinski definition) is 0. The third kappa shape index (κ3) is 3.99. The van der Waals surface area contributed by atoms with Gasteiger partial charge in [-0.25, -0.2) is 0 Å². The Hall–Kier alpha value is -2.53. The zero-order valence-corrected chi connectivity index (χ0v) is 13.6. The van der Waals surface area contributed by atoms with Gasteiger partial charge in [-0.1, -0.05) is 62.7 Å². The van der Waals surface area contributed by atoms with Crippen molar-refractivity contribution < 1.29 is 4.74 Å². The molecule has 0 aliphatic heterocycles. The van der Waals surface area contributed by atoms with E-state index in [1.165, 1.54) is 17.2 Å². The second-order valence-corrected chi connectivity index (χ2v) is 6.38. The molecule has 0 heterocycles. The van der Waals surface area contributed by atoms with Crippen molar-refractivity contribution in [3.05, 3.63) is 71.3 Å². The van der Waals surface area contributed by atoms with Gasteiger partial charge in [0.1, 0.15) is 11.5 Å². The highest BCUT2D eigenvalue weighted by molar-refractivity contribution is 5.64. The molecule has 2 rings (SSSR count). The highest BCUT2D eigenvalue weighted by Crippen LogP contribution is 2.26. The lowest BCUT2D eigenvalue weighted by molar-refractivity contribution is 0.515. The molecule has 2 aromatic rings. The lowest BCUT2D eigenvalue weighted by Gasteiger charge is -2.19. The second kappa shape index (κ2) is 6.49. The number of rotatable bonds is 3. The van der Waals surface area contributed by atoms with E-state index in [9.17, 15) is 0 Å². The molecule has 2 nitrogen and oxygen atoms in total. The number of allylic oxidation sites excluding steroid dienone is 1. The Kier molecular flexibility index (Phi) is 4.68. The number of aryl methyl sites for hydroxylation is 1. The van der Waals surface area contributed by atoms with Gasteiger partial charge in [0.15, 0.2) is 0 Å². The molecule has 0 amide bonds. The molecule has 0 bridgehead atoms. The Bertz CT molecular complexity index is 695. The summed E-state index contributed by atoms with van der Waals surface area (Å²) >= 11 is 0. The van der Waals surface area contributed by atoms with E-state index in [0.29, 0.717) is 5.76 Å². The summed E-state index contributed by atoms with van der Waals surface area (Å²) in [5.41, 5.74) is 3.43. The highest BCUT2D eigenvalue weighted by atomic mass is 16.5. The minimum atomic E-state index is 0.107. The van der Waals surface area contributed by atoms with Crippen LogP contribution in [0.4, 0.5) is 0 Å². The van der Waals surface area contributed by atoms with Crippen molar-refractivity contribution in [3.63, 3.8) is 0 Å². The van der Waals surface area contributed by atoms with Crippen LogP contribution >= 0.6 is 0 Å². The van der Waals surface area contributed by atoms with Gasteiger partial charge in [0.05, 0.1) is 12.1 Å². The van der Waals surface area contributed by atoms with E-state index in [1.54, 1.807) is 0 Å². The van der Waals surface area contributed by atoms with Crippen LogP contribution in [0.3, 0.4) is 0 Å². The number of nitriles is 1. The first-order valence-electron chi connectivity index (χ1n) is 7.35. The molecule has 0 atom stereocenters. The first-order chi connectivity index (χ1) is 10.4. The van der Waals surface area contributed by atoms with Gasteiger partial charge in [-0.05, 0) is 30.0 Å². The first kappa shape index (κ1) is 15.9. The van der Waals surface area contributed by atoms with E-state index in [-0.39, 0.29) is 5.41 Å². The molecule has 0 saturated carbocycles. The topological polar surface area (TPSA) is 33.0 Å². The predicted octanol–water partition coefficient (Wildman–Crippen LogP) is 5.24. The van der Waals surface area contributed by atoms with E-state index in [2.05, 4.69) is 39.0 Å². The van der Waals surface area contributed by atoms with Crippen molar-refractivity contribution in [2.45, 2.75) is 33.1 Å². The first-order valence-corrected chi connectivity index (χ1v) is 7.35. The van der Waals surface area contributed by atoms with Gasteiger partial charge in [-0.15, -0.1) is 0 Å². The summed E-state index contributed by atoms with van der Waals surface area (Å²) in [4.78, 5) is 0. The standard InChI is InChI=1S/C20H21NO/c1-15-5-11-18(12-6-15)22-19(13-14-21)16-7-9-17(10-8-16)20(2,3)4/h5-13H,1-4H3/b19-13-.